The van der Waals surface area contributed by atoms with E-state index in [-0.39, 0.29) is 19.0 Å². The first-order valence-corrected chi connectivity index (χ1v) is 9.42. The molecule has 0 radical (unpaired) electrons. The van der Waals surface area contributed by atoms with Crippen molar-refractivity contribution in [1.82, 2.24) is 5.32 Å². The second kappa shape index (κ2) is 8.22. The fourth-order valence-corrected chi connectivity index (χ4v) is 3.59. The number of halogens is 2. The first-order valence-electron chi connectivity index (χ1n) is 8.98. The zero-order valence-corrected chi connectivity index (χ0v) is 15.8. The Kier molecular flexibility index (Phi) is 6.11. The lowest BCUT2D eigenvalue weighted by Gasteiger charge is -2.30. The summed E-state index contributed by atoms with van der Waals surface area (Å²) in [4.78, 5) is 24.6. The molecule has 154 valence electrons. The molecule has 2 amide bonds. The molecule has 3 N–H and O–H groups in total. The van der Waals surface area contributed by atoms with E-state index in [1.165, 1.54) is 4.90 Å². The van der Waals surface area contributed by atoms with Crippen LogP contribution in [0.3, 0.4) is 0 Å². The maximum absolute atomic E-state index is 12.7. The van der Waals surface area contributed by atoms with Crippen LogP contribution in [0.4, 0.5) is 19.3 Å². The molecule has 1 saturated carbocycles. The van der Waals surface area contributed by atoms with Crippen LogP contribution in [0.2, 0.25) is 0 Å². The molecule has 1 heterocycles. The van der Waals surface area contributed by atoms with Crippen LogP contribution in [-0.2, 0) is 9.53 Å². The molecule has 7 nitrogen and oxygen atoms in total. The molecule has 0 bridgehead atoms. The van der Waals surface area contributed by atoms with Crippen molar-refractivity contribution in [2.75, 3.05) is 18.0 Å². The number of hydrogen-bond donors (Lipinski definition) is 4. The highest BCUT2D eigenvalue weighted by Crippen LogP contribution is 2.34. The van der Waals surface area contributed by atoms with Crippen molar-refractivity contribution >= 4 is 30.3 Å². The maximum atomic E-state index is 12.7. The molecule has 2 fully saturated rings. The van der Waals surface area contributed by atoms with E-state index < -0.39 is 35.6 Å². The molecule has 4 atom stereocenters. The van der Waals surface area contributed by atoms with Crippen LogP contribution in [0.15, 0.2) is 24.3 Å². The smallest absolute Gasteiger partial charge is 0.414 e. The number of anilines is 1. The predicted octanol–water partition coefficient (Wildman–Crippen LogP) is 1.64. The van der Waals surface area contributed by atoms with E-state index in [0.29, 0.717) is 18.5 Å². The van der Waals surface area contributed by atoms with Crippen molar-refractivity contribution in [2.24, 2.45) is 0 Å². The van der Waals surface area contributed by atoms with Gasteiger partial charge < -0.3 is 20.3 Å². The molecule has 1 aliphatic carbocycles. The molecule has 1 saturated heterocycles. The fourth-order valence-electron chi connectivity index (χ4n) is 3.51. The summed E-state index contributed by atoms with van der Waals surface area (Å²) in [5, 5.41) is 17.7. The Morgan fingerprint density at radius 1 is 1.25 bits per heavy atom. The summed E-state index contributed by atoms with van der Waals surface area (Å²) in [6.45, 7) is -0.122. The van der Waals surface area contributed by atoms with E-state index >= 15 is 0 Å². The molecule has 10 heteroatoms. The number of nitrogens with zero attached hydrogens (tertiary/aromatic N) is 1. The van der Waals surface area contributed by atoms with Gasteiger partial charge in [0.25, 0.3) is 0 Å². The van der Waals surface area contributed by atoms with Crippen LogP contribution in [0.25, 0.3) is 0 Å². The third kappa shape index (κ3) is 4.73. The minimum absolute atomic E-state index is 0.116. The number of aliphatic hydroxyl groups excluding tert-OH is 2. The van der Waals surface area contributed by atoms with Gasteiger partial charge in [0.1, 0.15) is 6.10 Å². The number of rotatable bonds is 5. The second-order valence-electron chi connectivity index (χ2n) is 7.10. The number of alkyl halides is 2. The number of nitrogens with one attached hydrogen (secondary N) is 1. The lowest BCUT2D eigenvalue weighted by atomic mass is 9.81. The molecule has 1 aromatic carbocycles. The first kappa shape index (κ1) is 20.8. The molecule has 3 rings (SSSR count). The lowest BCUT2D eigenvalue weighted by molar-refractivity contribution is -0.135. The van der Waals surface area contributed by atoms with E-state index in [1.807, 2.05) is 17.4 Å². The van der Waals surface area contributed by atoms with Gasteiger partial charge in [-0.3, -0.25) is 9.69 Å². The molecule has 28 heavy (non-hydrogen) atoms. The molecular formula is C18H22F2N2O5S. The normalized spacial score (nSPS) is 28.2. The molecule has 0 aromatic heterocycles. The van der Waals surface area contributed by atoms with Crippen molar-refractivity contribution in [3.8, 4) is 0 Å². The number of carbonyl (C=O) groups excluding carboxylic acids is 2. The highest BCUT2D eigenvalue weighted by Gasteiger charge is 2.37. The summed E-state index contributed by atoms with van der Waals surface area (Å²) in [5.74, 6) is -1.42. The van der Waals surface area contributed by atoms with Crippen molar-refractivity contribution in [2.45, 2.75) is 48.7 Å². The molecule has 2 aliphatic rings. The summed E-state index contributed by atoms with van der Waals surface area (Å²) >= 11 is 2.89. The lowest BCUT2D eigenvalue weighted by Crippen LogP contribution is -2.41. The van der Waals surface area contributed by atoms with Crippen molar-refractivity contribution in [3.05, 3.63) is 29.8 Å². The number of benzene rings is 1. The maximum Gasteiger partial charge on any atom is 0.414 e. The quantitative estimate of drug-likeness (QED) is 0.547. The summed E-state index contributed by atoms with van der Waals surface area (Å²) in [7, 11) is 0. The van der Waals surface area contributed by atoms with Gasteiger partial charge in [0.2, 0.25) is 0 Å². The van der Waals surface area contributed by atoms with Gasteiger partial charge in [-0.05, 0) is 42.9 Å². The van der Waals surface area contributed by atoms with Crippen LogP contribution in [0.1, 0.15) is 30.7 Å². The Morgan fingerprint density at radius 3 is 2.54 bits per heavy atom. The fraction of sp³-hybridized carbons (Fsp3) is 0.556. The number of aliphatic hydroxyl groups is 2. The molecule has 4 unspecified atom stereocenters. The average Bonchev–Trinajstić information content (AvgIpc) is 3.02. The Labute approximate surface area is 166 Å². The predicted molar refractivity (Wildman–Crippen MR) is 99.6 cm³/mol. The molecular weight excluding hydrogens is 394 g/mol. The Bertz CT molecular complexity index is 728. The zero-order valence-electron chi connectivity index (χ0n) is 14.9. The van der Waals surface area contributed by atoms with Gasteiger partial charge in [0, 0.05) is 5.69 Å². The zero-order chi connectivity index (χ0) is 20.5. The van der Waals surface area contributed by atoms with Crippen LogP contribution in [0, 0.1) is 0 Å². The summed E-state index contributed by atoms with van der Waals surface area (Å²) < 4.78 is 30.6. The van der Waals surface area contributed by atoms with Gasteiger partial charge in [0.15, 0.2) is 0 Å². The molecule has 1 aliphatic heterocycles. The monoisotopic (exact) mass is 416 g/mol. The van der Waals surface area contributed by atoms with Crippen LogP contribution in [-0.4, -0.2) is 58.9 Å². The van der Waals surface area contributed by atoms with Crippen molar-refractivity contribution < 1.29 is 33.3 Å². The average molecular weight is 416 g/mol. The number of cyclic esters (lactones) is 1. The number of hydrogen-bond acceptors (Lipinski definition) is 6. The van der Waals surface area contributed by atoms with Gasteiger partial charge >= 0.3 is 17.3 Å². The van der Waals surface area contributed by atoms with E-state index in [4.69, 9.17) is 4.74 Å². The number of ether oxygens (including phenoxy) is 1. The van der Waals surface area contributed by atoms with E-state index in [2.05, 4.69) is 12.6 Å². The van der Waals surface area contributed by atoms with Gasteiger partial charge in [-0.25, -0.2) is 4.79 Å². The van der Waals surface area contributed by atoms with Gasteiger partial charge in [-0.1, -0.05) is 24.8 Å². The SMILES string of the molecule is O=C1OC(CNC(=O)C(F)(F)S)CN1c1ccc(C2CCC(O)C(O)C2)cc1. The van der Waals surface area contributed by atoms with Crippen LogP contribution >= 0.6 is 12.6 Å². The Balaban J connectivity index is 1.58. The van der Waals surface area contributed by atoms with Crippen molar-refractivity contribution in [3.63, 3.8) is 0 Å². The standard InChI is InChI=1S/C18H22F2N2O5S/c19-18(20,28)16(25)21-8-13-9-22(17(26)27-13)12-4-1-10(2-5-12)11-3-6-14(23)15(24)7-11/h1-2,4-5,11,13-15,23-24,28H,3,6-9H2,(H,21,25). The Hall–Kier alpha value is -1.91. The van der Waals surface area contributed by atoms with E-state index in [0.717, 1.165) is 12.0 Å². The summed E-state index contributed by atoms with van der Waals surface area (Å²) in [6, 6.07) is 7.20. The molecule has 1 aromatic rings. The van der Waals surface area contributed by atoms with Gasteiger partial charge in [-0.2, -0.15) is 8.78 Å². The summed E-state index contributed by atoms with van der Waals surface area (Å²) in [5.41, 5.74) is 1.58. The molecule has 0 spiro atoms. The third-order valence-corrected chi connectivity index (χ3v) is 5.30. The minimum atomic E-state index is -3.79. The van der Waals surface area contributed by atoms with Crippen molar-refractivity contribution in [1.29, 1.82) is 0 Å². The number of thiol groups is 1. The number of amides is 2. The topological polar surface area (TPSA) is 99.1 Å². The largest absolute Gasteiger partial charge is 0.442 e. The highest BCUT2D eigenvalue weighted by molar-refractivity contribution is 7.82. The third-order valence-electron chi connectivity index (χ3n) is 5.09. The summed E-state index contributed by atoms with van der Waals surface area (Å²) in [6.07, 6.45) is -1.03. The van der Waals surface area contributed by atoms with Gasteiger partial charge in [-0.15, -0.1) is 0 Å². The van der Waals surface area contributed by atoms with E-state index in [9.17, 15) is 28.6 Å². The number of carbonyl (C=O) groups is 2. The second-order valence-corrected chi connectivity index (χ2v) is 7.67. The highest BCUT2D eigenvalue weighted by atomic mass is 32.1. The Morgan fingerprint density at radius 2 is 1.93 bits per heavy atom. The van der Waals surface area contributed by atoms with E-state index in [1.54, 1.807) is 12.1 Å². The first-order chi connectivity index (χ1) is 13.1. The van der Waals surface area contributed by atoms with Crippen LogP contribution in [0.5, 0.6) is 0 Å². The van der Waals surface area contributed by atoms with Crippen LogP contribution < -0.4 is 10.2 Å². The minimum Gasteiger partial charge on any atom is -0.442 e. The van der Waals surface area contributed by atoms with Gasteiger partial charge in [0.05, 0.1) is 25.3 Å².